The van der Waals surface area contributed by atoms with Crippen molar-refractivity contribution in [1.29, 1.82) is 0 Å². The molecule has 2 rings (SSSR count). The number of carboxylic acid groups (broad SMARTS) is 1. The molecule has 1 heterocycles. The van der Waals surface area contributed by atoms with Crippen LogP contribution in [0.2, 0.25) is 10.0 Å². The van der Waals surface area contributed by atoms with Crippen molar-refractivity contribution in [2.24, 2.45) is 10.2 Å². The molecule has 0 fully saturated rings. The zero-order valence-electron chi connectivity index (χ0n) is 12.6. The molecule has 1 atom stereocenters. The maximum Gasteiger partial charge on any atom is 0.330 e. The van der Waals surface area contributed by atoms with Gasteiger partial charge in [0.2, 0.25) is 5.91 Å². The highest BCUT2D eigenvalue weighted by Gasteiger charge is 2.39. The summed E-state index contributed by atoms with van der Waals surface area (Å²) in [6.07, 6.45) is 6.79. The Morgan fingerprint density at radius 3 is 2.58 bits per heavy atom. The Labute approximate surface area is 149 Å². The summed E-state index contributed by atoms with van der Waals surface area (Å²) < 4.78 is 0. The van der Waals surface area contributed by atoms with Crippen molar-refractivity contribution < 1.29 is 14.7 Å². The van der Waals surface area contributed by atoms with Crippen LogP contribution >= 0.6 is 23.2 Å². The minimum atomic E-state index is -1.25. The predicted octanol–water partition coefficient (Wildman–Crippen LogP) is 3.59. The van der Waals surface area contributed by atoms with Crippen LogP contribution < -0.4 is 5.32 Å². The summed E-state index contributed by atoms with van der Waals surface area (Å²) in [4.78, 5) is 23.6. The molecule has 126 valence electrons. The number of rotatable bonds is 8. The third kappa shape index (κ3) is 4.70. The Morgan fingerprint density at radius 2 is 2.04 bits per heavy atom. The Morgan fingerprint density at radius 1 is 1.33 bits per heavy atom. The smallest absolute Gasteiger partial charge is 0.330 e. The number of carbonyl (C=O) groups excluding carboxylic acids is 1. The topological polar surface area (TPSA) is 91.1 Å². The molecular weight excluding hydrogens is 353 g/mol. The monoisotopic (exact) mass is 367 g/mol. The van der Waals surface area contributed by atoms with E-state index in [0.717, 1.165) is 0 Å². The summed E-state index contributed by atoms with van der Waals surface area (Å²) in [5.74, 6) is 0.869. The van der Waals surface area contributed by atoms with Crippen molar-refractivity contribution in [2.45, 2.75) is 37.4 Å². The minimum absolute atomic E-state index is 0.0898. The first kappa shape index (κ1) is 18.2. The molecule has 1 aromatic rings. The molecule has 0 aromatic heterocycles. The molecule has 1 aliphatic rings. The fourth-order valence-electron chi connectivity index (χ4n) is 2.22. The van der Waals surface area contributed by atoms with Gasteiger partial charge in [-0.25, -0.2) is 4.79 Å². The highest BCUT2D eigenvalue weighted by molar-refractivity contribution is 6.35. The second-order valence-electron chi connectivity index (χ2n) is 5.39. The van der Waals surface area contributed by atoms with Gasteiger partial charge < -0.3 is 10.4 Å². The number of nitrogens with one attached hydrogen (secondary N) is 1. The quantitative estimate of drug-likeness (QED) is 0.687. The van der Waals surface area contributed by atoms with Crippen LogP contribution in [0.25, 0.3) is 0 Å². The molecule has 0 saturated heterocycles. The van der Waals surface area contributed by atoms with E-state index in [2.05, 4.69) is 21.5 Å². The highest BCUT2D eigenvalue weighted by atomic mass is 35.5. The second kappa shape index (κ2) is 7.65. The number of nitrogens with zero attached hydrogens (tertiary/aromatic N) is 2. The molecule has 8 heteroatoms. The van der Waals surface area contributed by atoms with Crippen molar-refractivity contribution in [3.8, 4) is 12.3 Å². The fraction of sp³-hybridized carbons (Fsp3) is 0.375. The van der Waals surface area contributed by atoms with Gasteiger partial charge in [-0.05, 0) is 12.1 Å². The lowest BCUT2D eigenvalue weighted by Gasteiger charge is -2.17. The van der Waals surface area contributed by atoms with Gasteiger partial charge in [-0.1, -0.05) is 29.3 Å². The van der Waals surface area contributed by atoms with Gasteiger partial charge in [-0.2, -0.15) is 10.2 Å². The Hall–Kier alpha value is -2.10. The second-order valence-corrected chi connectivity index (χ2v) is 6.23. The van der Waals surface area contributed by atoms with E-state index in [0.29, 0.717) is 24.3 Å². The molecular formula is C16H15Cl2N3O3. The van der Waals surface area contributed by atoms with Crippen LogP contribution in [-0.4, -0.2) is 22.6 Å². The largest absolute Gasteiger partial charge is 0.479 e. The number of terminal acetylenes is 1. The molecule has 1 unspecified atom stereocenters. The molecule has 0 radical (unpaired) electrons. The molecule has 0 spiro atoms. The van der Waals surface area contributed by atoms with Crippen LogP contribution in [0.5, 0.6) is 0 Å². The molecule has 1 amide bonds. The third-order valence-electron chi connectivity index (χ3n) is 3.63. The van der Waals surface area contributed by atoms with Gasteiger partial charge in [-0.15, -0.1) is 12.3 Å². The van der Waals surface area contributed by atoms with Crippen LogP contribution in [0.4, 0.5) is 0 Å². The number of carboxylic acids is 1. The molecule has 0 bridgehead atoms. The van der Waals surface area contributed by atoms with E-state index in [-0.39, 0.29) is 17.0 Å². The Balaban J connectivity index is 1.97. The average molecular weight is 368 g/mol. The Kier molecular flexibility index (Phi) is 5.81. The number of carbonyl (C=O) groups is 2. The first-order valence-corrected chi connectivity index (χ1v) is 7.97. The van der Waals surface area contributed by atoms with Crippen LogP contribution in [0, 0.1) is 12.3 Å². The Bertz CT molecular complexity index is 722. The number of hydrogen-bond acceptors (Lipinski definition) is 4. The summed E-state index contributed by atoms with van der Waals surface area (Å²) in [6.45, 7) is 0. The van der Waals surface area contributed by atoms with E-state index >= 15 is 0 Å². The normalized spacial score (nSPS) is 15.4. The number of aliphatic carboxylic acids is 1. The summed E-state index contributed by atoms with van der Waals surface area (Å²) in [5, 5.41) is 20.2. The summed E-state index contributed by atoms with van der Waals surface area (Å²) >= 11 is 11.8. The highest BCUT2D eigenvalue weighted by Crippen LogP contribution is 2.37. The van der Waals surface area contributed by atoms with Crippen LogP contribution in [0.1, 0.15) is 37.3 Å². The van der Waals surface area contributed by atoms with E-state index in [9.17, 15) is 14.7 Å². The summed E-state index contributed by atoms with van der Waals surface area (Å²) in [7, 11) is 0. The van der Waals surface area contributed by atoms with Gasteiger partial charge >= 0.3 is 5.97 Å². The van der Waals surface area contributed by atoms with Gasteiger partial charge in [-0.3, -0.25) is 4.79 Å². The lowest BCUT2D eigenvalue weighted by molar-refractivity contribution is -0.142. The standard InChI is InChI=1S/C16H15Cl2N3O3/c1-2-3-7-16(20-21-16)8-6-13(22)19-14(15(23)24)11-5-4-10(17)9-12(11)18/h1,4-5,9,14H,3,6-8H2,(H,19,22)(H,23,24). The SMILES string of the molecule is C#CCCC1(CCC(=O)NC(C(=O)O)c2ccc(Cl)cc2Cl)N=N1. The first-order chi connectivity index (χ1) is 11.4. The number of halogens is 2. The van der Waals surface area contributed by atoms with Crippen LogP contribution in [0.3, 0.4) is 0 Å². The molecule has 0 saturated carbocycles. The summed E-state index contributed by atoms with van der Waals surface area (Å²) in [5.41, 5.74) is -0.315. The zero-order chi connectivity index (χ0) is 17.7. The van der Waals surface area contributed by atoms with E-state index in [1.807, 2.05) is 0 Å². The minimum Gasteiger partial charge on any atom is -0.479 e. The van der Waals surface area contributed by atoms with Crippen molar-refractivity contribution >= 4 is 35.1 Å². The van der Waals surface area contributed by atoms with Crippen LogP contribution in [-0.2, 0) is 9.59 Å². The van der Waals surface area contributed by atoms with E-state index in [1.54, 1.807) is 0 Å². The maximum absolute atomic E-state index is 12.1. The number of hydrogen-bond donors (Lipinski definition) is 2. The van der Waals surface area contributed by atoms with E-state index in [4.69, 9.17) is 29.6 Å². The van der Waals surface area contributed by atoms with Crippen LogP contribution in [0.15, 0.2) is 28.4 Å². The van der Waals surface area contributed by atoms with E-state index in [1.165, 1.54) is 18.2 Å². The molecule has 24 heavy (non-hydrogen) atoms. The lowest BCUT2D eigenvalue weighted by Crippen LogP contribution is -2.34. The average Bonchev–Trinajstić information content (AvgIpc) is 3.29. The van der Waals surface area contributed by atoms with Gasteiger partial charge in [0.15, 0.2) is 11.7 Å². The predicted molar refractivity (Wildman–Crippen MR) is 89.9 cm³/mol. The molecule has 2 N–H and O–H groups in total. The van der Waals surface area contributed by atoms with Crippen molar-refractivity contribution in [3.05, 3.63) is 33.8 Å². The van der Waals surface area contributed by atoms with Gasteiger partial charge in [0.25, 0.3) is 0 Å². The molecule has 1 aromatic carbocycles. The molecule has 6 nitrogen and oxygen atoms in total. The molecule has 0 aliphatic carbocycles. The van der Waals surface area contributed by atoms with Gasteiger partial charge in [0.05, 0.1) is 0 Å². The van der Waals surface area contributed by atoms with Gasteiger partial charge in [0, 0.05) is 41.3 Å². The molecule has 1 aliphatic heterocycles. The number of amides is 1. The lowest BCUT2D eigenvalue weighted by atomic mass is 10.0. The first-order valence-electron chi connectivity index (χ1n) is 7.21. The summed E-state index contributed by atoms with van der Waals surface area (Å²) in [6, 6.07) is 3.17. The van der Waals surface area contributed by atoms with E-state index < -0.39 is 23.6 Å². The van der Waals surface area contributed by atoms with Crippen molar-refractivity contribution in [1.82, 2.24) is 5.32 Å². The fourth-order valence-corrected chi connectivity index (χ4v) is 2.74. The van der Waals surface area contributed by atoms with Gasteiger partial charge in [0.1, 0.15) is 0 Å². The van der Waals surface area contributed by atoms with Crippen molar-refractivity contribution in [2.75, 3.05) is 0 Å². The zero-order valence-corrected chi connectivity index (χ0v) is 14.1. The third-order valence-corrected chi connectivity index (χ3v) is 4.19. The maximum atomic E-state index is 12.1. The van der Waals surface area contributed by atoms with Crippen molar-refractivity contribution in [3.63, 3.8) is 0 Å². The number of benzene rings is 1.